The highest BCUT2D eigenvalue weighted by molar-refractivity contribution is 6.06. The van der Waals surface area contributed by atoms with Gasteiger partial charge in [0.25, 0.3) is 11.5 Å². The maximum atomic E-state index is 12.8. The molecule has 0 fully saturated rings. The lowest BCUT2D eigenvalue weighted by Gasteiger charge is -2.12. The molecule has 0 saturated heterocycles. The molecule has 1 amide bonds. The molecular weight excluding hydrogens is 380 g/mol. The predicted octanol–water partition coefficient (Wildman–Crippen LogP) is 3.60. The third-order valence-electron chi connectivity index (χ3n) is 4.84. The molecule has 0 aliphatic carbocycles. The number of hydrazone groups is 1. The molecule has 7 heteroatoms. The Morgan fingerprint density at radius 1 is 1.03 bits per heavy atom. The Morgan fingerprint density at radius 2 is 1.70 bits per heavy atom. The summed E-state index contributed by atoms with van der Waals surface area (Å²) >= 11 is 0. The standard InChI is InChI=1S/C23H20N4O3/c1-14(2)27-23(30)18-10-6-5-9-17(18)21(26-27)22(29)25-24-13-19-16-8-4-3-7-15(16)11-12-20(19)28/h3-14,28H,1-2H3,(H,25,29)/b24-13+. The van der Waals surface area contributed by atoms with Crippen molar-refractivity contribution in [1.29, 1.82) is 0 Å². The molecule has 4 aromatic rings. The van der Waals surface area contributed by atoms with Crippen LogP contribution in [0.15, 0.2) is 70.6 Å². The fourth-order valence-corrected chi connectivity index (χ4v) is 3.35. The van der Waals surface area contributed by atoms with Crippen molar-refractivity contribution in [2.75, 3.05) is 0 Å². The van der Waals surface area contributed by atoms with Crippen molar-refractivity contribution in [3.63, 3.8) is 0 Å². The zero-order chi connectivity index (χ0) is 21.3. The van der Waals surface area contributed by atoms with Gasteiger partial charge in [-0.2, -0.15) is 10.2 Å². The number of phenols is 1. The maximum Gasteiger partial charge on any atom is 0.292 e. The highest BCUT2D eigenvalue weighted by Crippen LogP contribution is 2.25. The maximum absolute atomic E-state index is 12.8. The molecule has 3 aromatic carbocycles. The number of amides is 1. The molecular formula is C23H20N4O3. The summed E-state index contributed by atoms with van der Waals surface area (Å²) in [5.74, 6) is -0.486. The molecule has 150 valence electrons. The van der Waals surface area contributed by atoms with Gasteiger partial charge in [0.2, 0.25) is 0 Å². The minimum atomic E-state index is -0.545. The number of fused-ring (bicyclic) bond motifs is 2. The van der Waals surface area contributed by atoms with Gasteiger partial charge < -0.3 is 5.11 Å². The summed E-state index contributed by atoms with van der Waals surface area (Å²) in [6.07, 6.45) is 1.40. The number of nitrogens with one attached hydrogen (secondary N) is 1. The van der Waals surface area contributed by atoms with Crippen LogP contribution in [0.25, 0.3) is 21.5 Å². The molecule has 0 atom stereocenters. The van der Waals surface area contributed by atoms with E-state index in [1.54, 1.807) is 30.3 Å². The first-order valence-electron chi connectivity index (χ1n) is 9.53. The summed E-state index contributed by atoms with van der Waals surface area (Å²) < 4.78 is 1.29. The van der Waals surface area contributed by atoms with Crippen molar-refractivity contribution in [1.82, 2.24) is 15.2 Å². The molecule has 1 heterocycles. The van der Waals surface area contributed by atoms with E-state index >= 15 is 0 Å². The summed E-state index contributed by atoms with van der Waals surface area (Å²) in [5, 5.41) is 21.1. The van der Waals surface area contributed by atoms with E-state index in [2.05, 4.69) is 15.6 Å². The zero-order valence-corrected chi connectivity index (χ0v) is 16.5. The summed E-state index contributed by atoms with van der Waals surface area (Å²) in [5.41, 5.74) is 2.82. The lowest BCUT2D eigenvalue weighted by Crippen LogP contribution is -2.30. The fourth-order valence-electron chi connectivity index (χ4n) is 3.35. The Labute approximate surface area is 172 Å². The van der Waals surface area contributed by atoms with Gasteiger partial charge in [-0.1, -0.05) is 48.5 Å². The first-order valence-corrected chi connectivity index (χ1v) is 9.53. The largest absolute Gasteiger partial charge is 0.507 e. The van der Waals surface area contributed by atoms with Crippen molar-refractivity contribution < 1.29 is 9.90 Å². The van der Waals surface area contributed by atoms with E-state index in [1.807, 2.05) is 44.2 Å². The number of phenolic OH excluding ortho intramolecular Hbond substituents is 1. The van der Waals surface area contributed by atoms with Crippen LogP contribution >= 0.6 is 0 Å². The van der Waals surface area contributed by atoms with Crippen LogP contribution in [0.5, 0.6) is 5.75 Å². The number of nitrogens with zero attached hydrogens (tertiary/aromatic N) is 3. The highest BCUT2D eigenvalue weighted by atomic mass is 16.3. The fraction of sp³-hybridized carbons (Fsp3) is 0.130. The lowest BCUT2D eigenvalue weighted by molar-refractivity contribution is 0.0949. The third kappa shape index (κ3) is 3.41. The lowest BCUT2D eigenvalue weighted by atomic mass is 10.0. The van der Waals surface area contributed by atoms with Gasteiger partial charge in [-0.25, -0.2) is 10.1 Å². The van der Waals surface area contributed by atoms with Crippen LogP contribution in [-0.4, -0.2) is 27.0 Å². The molecule has 0 aliphatic heterocycles. The number of aromatic nitrogens is 2. The minimum Gasteiger partial charge on any atom is -0.507 e. The number of benzene rings is 3. The van der Waals surface area contributed by atoms with E-state index in [9.17, 15) is 14.7 Å². The van der Waals surface area contributed by atoms with Gasteiger partial charge in [0.1, 0.15) is 5.75 Å². The molecule has 2 N–H and O–H groups in total. The number of hydrogen-bond acceptors (Lipinski definition) is 5. The minimum absolute atomic E-state index is 0.0589. The molecule has 0 aliphatic rings. The van der Waals surface area contributed by atoms with E-state index < -0.39 is 5.91 Å². The van der Waals surface area contributed by atoms with Gasteiger partial charge in [-0.3, -0.25) is 9.59 Å². The highest BCUT2D eigenvalue weighted by Gasteiger charge is 2.17. The second-order valence-electron chi connectivity index (χ2n) is 7.16. The quantitative estimate of drug-likeness (QED) is 0.404. The molecule has 30 heavy (non-hydrogen) atoms. The van der Waals surface area contributed by atoms with E-state index in [-0.39, 0.29) is 23.0 Å². The number of carbonyl (C=O) groups is 1. The van der Waals surface area contributed by atoms with Crippen molar-refractivity contribution in [3.8, 4) is 5.75 Å². The summed E-state index contributed by atoms with van der Waals surface area (Å²) in [4.78, 5) is 25.4. The molecule has 0 spiro atoms. The Balaban J connectivity index is 1.71. The van der Waals surface area contributed by atoms with Crippen LogP contribution in [-0.2, 0) is 0 Å². The van der Waals surface area contributed by atoms with Gasteiger partial charge in [0.05, 0.1) is 17.6 Å². The van der Waals surface area contributed by atoms with Crippen LogP contribution in [0.2, 0.25) is 0 Å². The smallest absolute Gasteiger partial charge is 0.292 e. The summed E-state index contributed by atoms with van der Waals surface area (Å²) in [6.45, 7) is 3.65. The van der Waals surface area contributed by atoms with E-state index in [1.165, 1.54) is 10.9 Å². The van der Waals surface area contributed by atoms with Gasteiger partial charge in [-0.15, -0.1) is 0 Å². The van der Waals surface area contributed by atoms with E-state index in [4.69, 9.17) is 0 Å². The Kier molecular flexibility index (Phi) is 5.02. The number of aromatic hydroxyl groups is 1. The van der Waals surface area contributed by atoms with Crippen LogP contribution < -0.4 is 11.0 Å². The Bertz CT molecular complexity index is 1360. The SMILES string of the molecule is CC(C)n1nc(C(=O)N/N=C/c2c(O)ccc3ccccc23)c2ccccc2c1=O. The molecule has 0 saturated carbocycles. The van der Waals surface area contributed by atoms with Crippen molar-refractivity contribution in [3.05, 3.63) is 82.3 Å². The van der Waals surface area contributed by atoms with Crippen LogP contribution in [0, 0.1) is 0 Å². The Hall–Kier alpha value is -4.00. The van der Waals surface area contributed by atoms with Gasteiger partial charge in [0, 0.05) is 10.9 Å². The predicted molar refractivity (Wildman–Crippen MR) is 117 cm³/mol. The van der Waals surface area contributed by atoms with E-state index in [0.717, 1.165) is 10.8 Å². The average molecular weight is 400 g/mol. The van der Waals surface area contributed by atoms with Gasteiger partial charge in [0.15, 0.2) is 5.69 Å². The third-order valence-corrected chi connectivity index (χ3v) is 4.84. The molecule has 0 bridgehead atoms. The van der Waals surface area contributed by atoms with Crippen LogP contribution in [0.1, 0.15) is 35.9 Å². The summed E-state index contributed by atoms with van der Waals surface area (Å²) in [6, 6.07) is 17.6. The molecule has 1 aromatic heterocycles. The molecule has 0 radical (unpaired) electrons. The number of carbonyl (C=O) groups excluding carboxylic acids is 1. The van der Waals surface area contributed by atoms with Gasteiger partial charge >= 0.3 is 0 Å². The average Bonchev–Trinajstić information content (AvgIpc) is 2.75. The second-order valence-corrected chi connectivity index (χ2v) is 7.16. The first-order chi connectivity index (χ1) is 14.5. The van der Waals surface area contributed by atoms with Gasteiger partial charge in [-0.05, 0) is 36.8 Å². The molecule has 0 unspecified atom stereocenters. The van der Waals surface area contributed by atoms with Crippen LogP contribution in [0.4, 0.5) is 0 Å². The number of rotatable bonds is 4. The first kappa shape index (κ1) is 19.3. The van der Waals surface area contributed by atoms with Crippen molar-refractivity contribution in [2.45, 2.75) is 19.9 Å². The Morgan fingerprint density at radius 3 is 2.43 bits per heavy atom. The van der Waals surface area contributed by atoms with Crippen LogP contribution in [0.3, 0.4) is 0 Å². The van der Waals surface area contributed by atoms with Crippen molar-refractivity contribution in [2.24, 2.45) is 5.10 Å². The zero-order valence-electron chi connectivity index (χ0n) is 16.5. The summed E-state index contributed by atoms with van der Waals surface area (Å²) in [7, 11) is 0. The number of hydrogen-bond donors (Lipinski definition) is 2. The molecule has 4 rings (SSSR count). The second kappa shape index (κ2) is 7.79. The molecule has 7 nitrogen and oxygen atoms in total. The van der Waals surface area contributed by atoms with E-state index in [0.29, 0.717) is 16.3 Å². The normalized spacial score (nSPS) is 11.6. The van der Waals surface area contributed by atoms with Crippen molar-refractivity contribution >= 4 is 33.7 Å². The topological polar surface area (TPSA) is 96.6 Å². The monoisotopic (exact) mass is 400 g/mol.